The van der Waals surface area contributed by atoms with Crippen molar-refractivity contribution in [1.29, 1.82) is 0 Å². The first kappa shape index (κ1) is 30.1. The number of amides is 1. The van der Waals surface area contributed by atoms with Crippen LogP contribution in [0.15, 0.2) is 87.8 Å². The number of carbonyl (C=O) groups is 1. The molecule has 3 N–H and O–H groups in total. The molecule has 1 amide bonds. The lowest BCUT2D eigenvalue weighted by atomic mass is 9.97. The normalized spacial score (nSPS) is 12.6. The quantitative estimate of drug-likeness (QED) is 0.231. The Kier molecular flexibility index (Phi) is 7.96. The van der Waals surface area contributed by atoms with Crippen LogP contribution in [0.4, 0.5) is 10.1 Å². The van der Waals surface area contributed by atoms with E-state index in [1.165, 1.54) is 33.9 Å². The molecular formula is C33H30FN4O6S+. The van der Waals surface area contributed by atoms with Crippen LogP contribution in [0.2, 0.25) is 0 Å². The Morgan fingerprint density at radius 2 is 1.76 bits per heavy atom. The van der Waals surface area contributed by atoms with Gasteiger partial charge in [0.25, 0.3) is 0 Å². The summed E-state index contributed by atoms with van der Waals surface area (Å²) in [6, 6.07) is 19.7. The molecule has 3 aromatic heterocycles. The monoisotopic (exact) mass is 629 g/mol. The number of nitrogens with zero attached hydrogens (tertiary/aromatic N) is 3. The molecule has 0 aliphatic rings. The average molecular weight is 630 g/mol. The van der Waals surface area contributed by atoms with E-state index in [0.717, 1.165) is 6.26 Å². The van der Waals surface area contributed by atoms with Crippen molar-refractivity contribution in [1.82, 2.24) is 9.97 Å². The number of rotatable bonds is 9. The predicted octanol–water partition coefficient (Wildman–Crippen LogP) is 4.84. The van der Waals surface area contributed by atoms with Crippen molar-refractivity contribution in [3.8, 4) is 33.9 Å². The standard InChI is InChI=1S/C33H29FN4O6S/c1-19(18-39)17-38(45(3,41)42)26-16-28-25(29(32(40)35-2)30(43-28)20-9-11-23(34)12-10-20)15-24(26)21-6-4-7-22(14-21)33-37-31-27(44-33)8-5-13-36-31/h4-16,19,39H,17-18H2,1-3H3,(H,35,40)/p+1. The van der Waals surface area contributed by atoms with Crippen LogP contribution >= 0.6 is 0 Å². The summed E-state index contributed by atoms with van der Waals surface area (Å²) in [6.45, 7) is 1.50. The number of nitrogens with two attached hydrogens (primary N) is 1. The van der Waals surface area contributed by atoms with Crippen LogP contribution in [0.1, 0.15) is 17.3 Å². The largest absolute Gasteiger partial charge is 0.455 e. The number of aliphatic hydroxyl groups is 1. The highest BCUT2D eigenvalue weighted by Crippen LogP contribution is 2.42. The van der Waals surface area contributed by atoms with Gasteiger partial charge in [-0.1, -0.05) is 19.1 Å². The SMILES string of the molecule is C[NH2+]C(=O)c1c(-c2ccc(F)cc2)oc2cc(N(CC(C)CO)S(C)(=O)=O)c(-c3cccc(-c4nc5ncccc5o4)c3)cc12. The first-order chi connectivity index (χ1) is 21.6. The van der Waals surface area contributed by atoms with Crippen LogP contribution in [0.5, 0.6) is 0 Å². The zero-order valence-electron chi connectivity index (χ0n) is 24.7. The summed E-state index contributed by atoms with van der Waals surface area (Å²) in [5.41, 5.74) is 4.02. The molecule has 10 nitrogen and oxygen atoms in total. The second-order valence-electron chi connectivity index (χ2n) is 10.8. The molecule has 0 radical (unpaired) electrons. The summed E-state index contributed by atoms with van der Waals surface area (Å²) >= 11 is 0. The third-order valence-electron chi connectivity index (χ3n) is 7.46. The molecule has 3 heterocycles. The Hall–Kier alpha value is -4.91. The van der Waals surface area contributed by atoms with Gasteiger partial charge < -0.3 is 13.9 Å². The molecule has 1 unspecified atom stereocenters. The van der Waals surface area contributed by atoms with Gasteiger partial charge in [-0.2, -0.15) is 4.98 Å². The van der Waals surface area contributed by atoms with Gasteiger partial charge in [-0.3, -0.25) is 9.62 Å². The summed E-state index contributed by atoms with van der Waals surface area (Å²) in [5, 5.41) is 11.7. The summed E-state index contributed by atoms with van der Waals surface area (Å²) in [5.74, 6) is -0.571. The number of carbonyl (C=O) groups excluding carboxylic acids is 1. The van der Waals surface area contributed by atoms with E-state index in [2.05, 4.69) is 9.97 Å². The zero-order valence-corrected chi connectivity index (χ0v) is 25.5. The molecule has 12 heteroatoms. The van der Waals surface area contributed by atoms with Crippen molar-refractivity contribution in [3.05, 3.63) is 90.4 Å². The molecule has 0 saturated heterocycles. The highest BCUT2D eigenvalue weighted by atomic mass is 32.2. The van der Waals surface area contributed by atoms with E-state index in [-0.39, 0.29) is 41.9 Å². The minimum Gasteiger partial charge on any atom is -0.455 e. The maximum absolute atomic E-state index is 13.8. The lowest BCUT2D eigenvalue weighted by Crippen LogP contribution is -2.83. The number of hydrogen-bond donors (Lipinski definition) is 2. The molecule has 3 aromatic carbocycles. The van der Waals surface area contributed by atoms with Crippen LogP contribution in [-0.2, 0) is 10.0 Å². The lowest BCUT2D eigenvalue weighted by Gasteiger charge is -2.27. The van der Waals surface area contributed by atoms with Crippen molar-refractivity contribution in [2.75, 3.05) is 30.8 Å². The van der Waals surface area contributed by atoms with Crippen LogP contribution in [-0.4, -0.2) is 55.9 Å². The van der Waals surface area contributed by atoms with Gasteiger partial charge in [0, 0.05) is 47.5 Å². The number of quaternary nitrogens is 1. The lowest BCUT2D eigenvalue weighted by molar-refractivity contribution is -0.523. The Morgan fingerprint density at radius 3 is 2.44 bits per heavy atom. The number of aliphatic hydroxyl groups excluding tert-OH is 1. The number of halogens is 1. The molecule has 0 aliphatic heterocycles. The molecule has 0 aliphatic carbocycles. The first-order valence-electron chi connectivity index (χ1n) is 14.2. The number of primary amides is 1. The molecule has 6 aromatic rings. The van der Waals surface area contributed by atoms with Crippen molar-refractivity contribution in [3.63, 3.8) is 0 Å². The maximum atomic E-state index is 13.8. The van der Waals surface area contributed by atoms with Crippen LogP contribution in [0, 0.1) is 11.7 Å². The Labute approximate surface area is 258 Å². The molecule has 230 valence electrons. The molecule has 1 atom stereocenters. The van der Waals surface area contributed by atoms with Gasteiger partial charge in [0.05, 0.1) is 19.0 Å². The Balaban J connectivity index is 1.63. The summed E-state index contributed by atoms with van der Waals surface area (Å²) in [4.78, 5) is 22.1. The van der Waals surface area contributed by atoms with Crippen LogP contribution in [0.3, 0.4) is 0 Å². The molecule has 0 spiro atoms. The Morgan fingerprint density at radius 1 is 1.00 bits per heavy atom. The number of oxazole rings is 1. The van der Waals surface area contributed by atoms with E-state index in [1.54, 1.807) is 50.5 Å². The topological polar surface area (TPSA) is 143 Å². The van der Waals surface area contributed by atoms with Gasteiger partial charge in [-0.15, -0.1) is 0 Å². The predicted molar refractivity (Wildman–Crippen MR) is 168 cm³/mol. The number of fused-ring (bicyclic) bond motifs is 2. The average Bonchev–Trinajstić information content (AvgIpc) is 3.64. The number of benzene rings is 3. The Bertz CT molecular complexity index is 2120. The van der Waals surface area contributed by atoms with Crippen LogP contribution in [0.25, 0.3) is 56.1 Å². The summed E-state index contributed by atoms with van der Waals surface area (Å²) in [7, 11) is -2.24. The van der Waals surface area contributed by atoms with Gasteiger partial charge >= 0.3 is 5.91 Å². The molecule has 45 heavy (non-hydrogen) atoms. The van der Waals surface area contributed by atoms with Gasteiger partial charge in [-0.05, 0) is 66.1 Å². The van der Waals surface area contributed by atoms with Crippen molar-refractivity contribution in [2.45, 2.75) is 6.92 Å². The molecule has 0 fully saturated rings. The molecule has 0 saturated carbocycles. The highest BCUT2D eigenvalue weighted by molar-refractivity contribution is 7.92. The number of aromatic nitrogens is 2. The second-order valence-corrected chi connectivity index (χ2v) is 12.7. The number of anilines is 1. The fourth-order valence-corrected chi connectivity index (χ4v) is 6.26. The van der Waals surface area contributed by atoms with Gasteiger partial charge in [-0.25, -0.2) is 22.6 Å². The number of pyridine rings is 1. The highest BCUT2D eigenvalue weighted by Gasteiger charge is 2.29. The van der Waals surface area contributed by atoms with E-state index >= 15 is 0 Å². The third kappa shape index (κ3) is 5.82. The fraction of sp³-hybridized carbons (Fsp3) is 0.182. The van der Waals surface area contributed by atoms with Crippen molar-refractivity contribution in [2.24, 2.45) is 5.92 Å². The van der Waals surface area contributed by atoms with E-state index in [9.17, 15) is 22.7 Å². The van der Waals surface area contributed by atoms with Crippen LogP contribution < -0.4 is 9.62 Å². The second kappa shape index (κ2) is 11.9. The fourth-order valence-electron chi connectivity index (χ4n) is 5.23. The van der Waals surface area contributed by atoms with Gasteiger partial charge in [0.15, 0.2) is 17.0 Å². The maximum Gasteiger partial charge on any atom is 0.347 e. The van der Waals surface area contributed by atoms with E-state index in [1.807, 2.05) is 18.2 Å². The van der Waals surface area contributed by atoms with E-state index in [4.69, 9.17) is 8.83 Å². The number of sulfonamides is 1. The first-order valence-corrected chi connectivity index (χ1v) is 16.0. The summed E-state index contributed by atoms with van der Waals surface area (Å²) < 4.78 is 53.7. The van der Waals surface area contributed by atoms with Crippen molar-refractivity contribution >= 4 is 43.8 Å². The van der Waals surface area contributed by atoms with Crippen molar-refractivity contribution < 1.29 is 36.9 Å². The zero-order chi connectivity index (χ0) is 31.9. The third-order valence-corrected chi connectivity index (χ3v) is 8.61. The number of hydrogen-bond acceptors (Lipinski definition) is 8. The minimum atomic E-state index is -3.86. The minimum absolute atomic E-state index is 0.00954. The van der Waals surface area contributed by atoms with Gasteiger partial charge in [0.2, 0.25) is 15.9 Å². The van der Waals surface area contributed by atoms with Gasteiger partial charge in [0.1, 0.15) is 17.0 Å². The smallest absolute Gasteiger partial charge is 0.347 e. The number of furan rings is 1. The molecular weight excluding hydrogens is 599 g/mol. The molecule has 0 bridgehead atoms. The van der Waals surface area contributed by atoms with E-state index in [0.29, 0.717) is 50.4 Å². The summed E-state index contributed by atoms with van der Waals surface area (Å²) in [6.07, 6.45) is 2.72. The molecule has 6 rings (SSSR count). The van der Waals surface area contributed by atoms with E-state index < -0.39 is 15.8 Å².